The van der Waals surface area contributed by atoms with Crippen molar-refractivity contribution < 1.29 is 28.6 Å². The number of unbranched alkanes of at least 4 members (excludes halogenated alkanes) is 43. The molecule has 0 saturated carbocycles. The fraction of sp³-hybridized carbons (Fsp3) is 0.948. The van der Waals surface area contributed by atoms with Crippen LogP contribution in [0, 0.1) is 0 Å². The quantitative estimate of drug-likeness (QED) is 0.0344. The molecule has 1 atom stereocenters. The molecule has 0 aliphatic rings. The van der Waals surface area contributed by atoms with Crippen molar-refractivity contribution in [2.24, 2.45) is 0 Å². The molecule has 0 aromatic heterocycles. The second-order valence-corrected chi connectivity index (χ2v) is 19.9. The van der Waals surface area contributed by atoms with Crippen molar-refractivity contribution in [2.45, 2.75) is 341 Å². The Morgan fingerprint density at radius 2 is 0.422 bits per heavy atom. The Bertz CT molecular complexity index is 951. The van der Waals surface area contributed by atoms with Gasteiger partial charge in [0.05, 0.1) is 0 Å². The van der Waals surface area contributed by atoms with Crippen LogP contribution in [0.2, 0.25) is 0 Å². The largest absolute Gasteiger partial charge is 0.462 e. The number of hydrogen-bond acceptors (Lipinski definition) is 6. The molecule has 0 aliphatic heterocycles. The van der Waals surface area contributed by atoms with Gasteiger partial charge in [0.2, 0.25) is 0 Å². The molecule has 380 valence electrons. The topological polar surface area (TPSA) is 78.9 Å². The molecular weight excluding hydrogens is 793 g/mol. The Hall–Kier alpha value is -1.59. The van der Waals surface area contributed by atoms with Crippen molar-refractivity contribution in [3.8, 4) is 0 Å². The minimum absolute atomic E-state index is 0.0610. The maximum atomic E-state index is 12.8. The Morgan fingerprint density at radius 1 is 0.250 bits per heavy atom. The first-order valence-corrected chi connectivity index (χ1v) is 29.0. The van der Waals surface area contributed by atoms with Crippen LogP contribution in [0.4, 0.5) is 0 Å². The molecule has 0 radical (unpaired) electrons. The highest BCUT2D eigenvalue weighted by molar-refractivity contribution is 5.71. The highest BCUT2D eigenvalue weighted by Crippen LogP contribution is 2.18. The zero-order valence-corrected chi connectivity index (χ0v) is 43.6. The van der Waals surface area contributed by atoms with Crippen molar-refractivity contribution in [2.75, 3.05) is 13.2 Å². The molecule has 0 saturated heterocycles. The molecule has 0 spiro atoms. The minimum Gasteiger partial charge on any atom is -0.462 e. The molecule has 0 fully saturated rings. The van der Waals surface area contributed by atoms with Gasteiger partial charge in [-0.15, -0.1) is 0 Å². The van der Waals surface area contributed by atoms with E-state index >= 15 is 0 Å². The fourth-order valence-corrected chi connectivity index (χ4v) is 8.98. The van der Waals surface area contributed by atoms with Gasteiger partial charge in [0, 0.05) is 19.3 Å². The molecule has 0 aromatic rings. The summed E-state index contributed by atoms with van der Waals surface area (Å²) in [6.07, 6.45) is 59.5. The third-order valence-corrected chi connectivity index (χ3v) is 13.4. The SMILES string of the molecule is CCCCCCCCCCCCCCCCCCCCC(=O)OCC(COC(=O)CCCCCCCCCCCCCCC)OC(=O)CCCCCCCCCCCCCCCCC. The average Bonchev–Trinajstić information content (AvgIpc) is 3.29. The predicted octanol–water partition coefficient (Wildman–Crippen LogP) is 19.2. The lowest BCUT2D eigenvalue weighted by Crippen LogP contribution is -2.30. The van der Waals surface area contributed by atoms with E-state index in [0.717, 1.165) is 57.8 Å². The molecule has 0 amide bonds. The average molecular weight is 906 g/mol. The lowest BCUT2D eigenvalue weighted by molar-refractivity contribution is -0.167. The van der Waals surface area contributed by atoms with Gasteiger partial charge < -0.3 is 14.2 Å². The number of ether oxygens (including phenoxy) is 3. The standard InChI is InChI=1S/C58H112O6/c1-4-7-10-13-16-19-22-25-27-28-29-31-33-36-39-42-45-48-51-57(60)63-54-55(53-62-56(59)50-47-44-41-38-35-32-24-21-18-15-12-9-6-3)64-58(61)52-49-46-43-40-37-34-30-26-23-20-17-14-11-8-5-2/h55H,4-54H2,1-3H3. The monoisotopic (exact) mass is 905 g/mol. The van der Waals surface area contributed by atoms with Crippen LogP contribution in [0.5, 0.6) is 0 Å². The number of hydrogen-bond donors (Lipinski definition) is 0. The van der Waals surface area contributed by atoms with Gasteiger partial charge in [-0.2, -0.15) is 0 Å². The molecule has 0 bridgehead atoms. The number of esters is 3. The van der Waals surface area contributed by atoms with Crippen molar-refractivity contribution in [1.82, 2.24) is 0 Å². The summed E-state index contributed by atoms with van der Waals surface area (Å²) in [6.45, 7) is 6.71. The smallest absolute Gasteiger partial charge is 0.306 e. The Kier molecular flexibility index (Phi) is 52.7. The first kappa shape index (κ1) is 62.4. The first-order chi connectivity index (χ1) is 31.5. The predicted molar refractivity (Wildman–Crippen MR) is 275 cm³/mol. The van der Waals surface area contributed by atoms with Gasteiger partial charge in [-0.05, 0) is 19.3 Å². The van der Waals surface area contributed by atoms with Crippen LogP contribution in [0.1, 0.15) is 335 Å². The third kappa shape index (κ3) is 51.4. The number of carbonyl (C=O) groups is 3. The summed E-state index contributed by atoms with van der Waals surface area (Å²) < 4.78 is 16.9. The summed E-state index contributed by atoms with van der Waals surface area (Å²) in [7, 11) is 0. The van der Waals surface area contributed by atoms with E-state index in [9.17, 15) is 14.4 Å². The molecule has 0 heterocycles. The maximum Gasteiger partial charge on any atom is 0.306 e. The van der Waals surface area contributed by atoms with Gasteiger partial charge in [0.1, 0.15) is 13.2 Å². The van der Waals surface area contributed by atoms with Gasteiger partial charge in [-0.1, -0.05) is 297 Å². The Labute approximate surface area is 399 Å². The van der Waals surface area contributed by atoms with Crippen LogP contribution < -0.4 is 0 Å². The lowest BCUT2D eigenvalue weighted by atomic mass is 10.0. The van der Waals surface area contributed by atoms with Gasteiger partial charge in [0.25, 0.3) is 0 Å². The summed E-state index contributed by atoms with van der Waals surface area (Å²) in [6, 6.07) is 0. The first-order valence-electron chi connectivity index (χ1n) is 29.0. The van der Waals surface area contributed by atoms with Crippen LogP contribution in [-0.2, 0) is 28.6 Å². The number of rotatable bonds is 54. The second-order valence-electron chi connectivity index (χ2n) is 19.9. The summed E-state index contributed by atoms with van der Waals surface area (Å²) in [5.74, 6) is -0.832. The van der Waals surface area contributed by atoms with Crippen LogP contribution >= 0.6 is 0 Å². The van der Waals surface area contributed by atoms with E-state index < -0.39 is 6.10 Å². The van der Waals surface area contributed by atoms with Crippen LogP contribution in [-0.4, -0.2) is 37.2 Å². The maximum absolute atomic E-state index is 12.8. The Balaban J connectivity index is 4.27. The molecule has 0 aromatic carbocycles. The molecule has 6 nitrogen and oxygen atoms in total. The molecular formula is C58H112O6. The number of carbonyl (C=O) groups excluding carboxylic acids is 3. The highest BCUT2D eigenvalue weighted by Gasteiger charge is 2.19. The molecule has 6 heteroatoms. The van der Waals surface area contributed by atoms with E-state index in [1.807, 2.05) is 0 Å². The van der Waals surface area contributed by atoms with Crippen molar-refractivity contribution in [3.63, 3.8) is 0 Å². The zero-order valence-electron chi connectivity index (χ0n) is 43.6. The summed E-state index contributed by atoms with van der Waals surface area (Å²) >= 11 is 0. The van der Waals surface area contributed by atoms with Crippen LogP contribution in [0.3, 0.4) is 0 Å². The van der Waals surface area contributed by atoms with E-state index in [1.165, 1.54) is 238 Å². The van der Waals surface area contributed by atoms with Crippen LogP contribution in [0.15, 0.2) is 0 Å². The lowest BCUT2D eigenvalue weighted by Gasteiger charge is -2.18. The van der Waals surface area contributed by atoms with Gasteiger partial charge in [-0.25, -0.2) is 0 Å². The van der Waals surface area contributed by atoms with Gasteiger partial charge in [-0.3, -0.25) is 14.4 Å². The van der Waals surface area contributed by atoms with Crippen LogP contribution in [0.25, 0.3) is 0 Å². The van der Waals surface area contributed by atoms with E-state index in [-0.39, 0.29) is 31.1 Å². The van der Waals surface area contributed by atoms with Crippen molar-refractivity contribution in [1.29, 1.82) is 0 Å². The Morgan fingerprint density at radius 3 is 0.625 bits per heavy atom. The normalized spacial score (nSPS) is 11.9. The second kappa shape index (κ2) is 54.0. The van der Waals surface area contributed by atoms with E-state index in [0.29, 0.717) is 19.3 Å². The fourth-order valence-electron chi connectivity index (χ4n) is 8.98. The molecule has 0 N–H and O–H groups in total. The van der Waals surface area contributed by atoms with Crippen molar-refractivity contribution in [3.05, 3.63) is 0 Å². The highest BCUT2D eigenvalue weighted by atomic mass is 16.6. The summed E-state index contributed by atoms with van der Waals surface area (Å²) in [5.41, 5.74) is 0. The van der Waals surface area contributed by atoms with Gasteiger partial charge >= 0.3 is 17.9 Å². The zero-order chi connectivity index (χ0) is 46.5. The van der Waals surface area contributed by atoms with E-state index in [2.05, 4.69) is 20.8 Å². The van der Waals surface area contributed by atoms with Gasteiger partial charge in [0.15, 0.2) is 6.10 Å². The third-order valence-electron chi connectivity index (χ3n) is 13.4. The molecule has 1 unspecified atom stereocenters. The molecule has 0 rings (SSSR count). The minimum atomic E-state index is -0.760. The van der Waals surface area contributed by atoms with Crippen molar-refractivity contribution >= 4 is 17.9 Å². The summed E-state index contributed by atoms with van der Waals surface area (Å²) in [4.78, 5) is 38.1. The molecule has 0 aliphatic carbocycles. The summed E-state index contributed by atoms with van der Waals surface area (Å²) in [5, 5.41) is 0. The van der Waals surface area contributed by atoms with E-state index in [4.69, 9.17) is 14.2 Å². The molecule has 64 heavy (non-hydrogen) atoms. The van der Waals surface area contributed by atoms with E-state index in [1.54, 1.807) is 0 Å².